The van der Waals surface area contributed by atoms with E-state index < -0.39 is 31.0 Å². The van der Waals surface area contributed by atoms with Crippen molar-refractivity contribution >= 4 is 31.8 Å². The lowest BCUT2D eigenvalue weighted by Gasteiger charge is -2.24. The molecular formula is C31H30N2O8S2. The molecule has 4 aromatic carbocycles. The second-order valence-electron chi connectivity index (χ2n) is 10.6. The van der Waals surface area contributed by atoms with E-state index >= 15 is 0 Å². The van der Waals surface area contributed by atoms with Crippen LogP contribution >= 0.6 is 0 Å². The van der Waals surface area contributed by atoms with Gasteiger partial charge in [-0.2, -0.15) is 16.8 Å². The number of fused-ring (bicyclic) bond motifs is 1. The van der Waals surface area contributed by atoms with E-state index in [1.54, 1.807) is 43.9 Å². The van der Waals surface area contributed by atoms with Crippen LogP contribution in [0.4, 0.5) is 5.69 Å². The number of carbonyl (C=O) groups excluding carboxylic acids is 1. The van der Waals surface area contributed by atoms with Crippen LogP contribution in [0.25, 0.3) is 22.3 Å². The maximum atomic E-state index is 14.4. The van der Waals surface area contributed by atoms with Crippen LogP contribution in [0.15, 0.2) is 70.5 Å². The predicted octanol–water partition coefficient (Wildman–Crippen LogP) is 5.19. The number of hydrogen-bond donors (Lipinski definition) is 3. The van der Waals surface area contributed by atoms with Gasteiger partial charge in [-0.15, -0.1) is 0 Å². The Hall–Kier alpha value is -4.23. The summed E-state index contributed by atoms with van der Waals surface area (Å²) in [5.41, 5.74) is 10.6. The molecule has 5 rings (SSSR count). The minimum atomic E-state index is -4.77. The fourth-order valence-corrected chi connectivity index (χ4v) is 7.00. The maximum absolute atomic E-state index is 14.4. The summed E-state index contributed by atoms with van der Waals surface area (Å²) in [4.78, 5) is 15.1. The molecule has 1 amide bonds. The summed E-state index contributed by atoms with van der Waals surface area (Å²) in [6.45, 7) is 5.56. The fraction of sp³-hybridized carbons (Fsp3) is 0.194. The Kier molecular flexibility index (Phi) is 7.59. The first-order valence-electron chi connectivity index (χ1n) is 13.2. The van der Waals surface area contributed by atoms with Crippen LogP contribution in [0.3, 0.4) is 0 Å². The molecule has 4 N–H and O–H groups in total. The molecule has 4 aromatic rings. The van der Waals surface area contributed by atoms with Gasteiger partial charge in [0.1, 0.15) is 15.5 Å². The number of methoxy groups -OCH3 is 1. The van der Waals surface area contributed by atoms with Crippen LogP contribution in [-0.4, -0.2) is 43.9 Å². The van der Waals surface area contributed by atoms with Crippen molar-refractivity contribution in [3.8, 4) is 28.0 Å². The summed E-state index contributed by atoms with van der Waals surface area (Å²) in [7, 11) is -8.11. The van der Waals surface area contributed by atoms with Crippen molar-refractivity contribution in [2.24, 2.45) is 0 Å². The van der Waals surface area contributed by atoms with Gasteiger partial charge in [-0.3, -0.25) is 13.9 Å². The number of carbonyl (C=O) groups is 1. The van der Waals surface area contributed by atoms with Crippen molar-refractivity contribution in [2.45, 2.75) is 43.7 Å². The molecule has 1 heterocycles. The van der Waals surface area contributed by atoms with E-state index in [9.17, 15) is 30.7 Å². The first-order chi connectivity index (χ1) is 20.1. The normalized spacial score (nSPS) is 13.2. The van der Waals surface area contributed by atoms with Gasteiger partial charge in [-0.1, -0.05) is 47.5 Å². The molecule has 1 aliphatic rings. The van der Waals surface area contributed by atoms with Gasteiger partial charge in [-0.25, -0.2) is 0 Å². The zero-order valence-electron chi connectivity index (χ0n) is 23.9. The molecule has 1 aliphatic heterocycles. The topological polar surface area (TPSA) is 164 Å². The molecule has 0 aromatic heterocycles. The van der Waals surface area contributed by atoms with Crippen LogP contribution in [0.1, 0.15) is 38.2 Å². The first-order valence-corrected chi connectivity index (χ1v) is 16.0. The number of nitrogens with two attached hydrogens (primary N) is 1. The zero-order chi connectivity index (χ0) is 31.4. The highest BCUT2D eigenvalue weighted by Crippen LogP contribution is 2.45. The lowest BCUT2D eigenvalue weighted by Crippen LogP contribution is -2.27. The molecule has 224 valence electrons. The average molecular weight is 623 g/mol. The Morgan fingerprint density at radius 2 is 1.35 bits per heavy atom. The number of amides is 1. The van der Waals surface area contributed by atoms with Crippen molar-refractivity contribution < 1.29 is 35.5 Å². The molecule has 0 radical (unpaired) electrons. The highest BCUT2D eigenvalue weighted by Gasteiger charge is 2.33. The molecule has 0 unspecified atom stereocenters. The van der Waals surface area contributed by atoms with Gasteiger partial charge >= 0.3 is 0 Å². The zero-order valence-corrected chi connectivity index (χ0v) is 25.5. The summed E-state index contributed by atoms with van der Waals surface area (Å²) in [5, 5.41) is 0. The summed E-state index contributed by atoms with van der Waals surface area (Å²) in [6.07, 6.45) is 0. The highest BCUT2D eigenvalue weighted by molar-refractivity contribution is 7.86. The van der Waals surface area contributed by atoms with E-state index in [0.717, 1.165) is 11.1 Å². The number of ether oxygens (including phenoxy) is 1. The molecule has 0 saturated carbocycles. The molecule has 0 atom stereocenters. The van der Waals surface area contributed by atoms with Gasteiger partial charge < -0.3 is 15.4 Å². The Labute approximate surface area is 250 Å². The van der Waals surface area contributed by atoms with E-state index in [4.69, 9.17) is 10.5 Å². The summed E-state index contributed by atoms with van der Waals surface area (Å²) in [5.74, 6) is -0.411. The number of nitrogens with zero attached hydrogens (tertiary/aromatic N) is 1. The highest BCUT2D eigenvalue weighted by atomic mass is 32.2. The molecule has 43 heavy (non-hydrogen) atoms. The van der Waals surface area contributed by atoms with E-state index in [1.165, 1.54) is 43.5 Å². The third-order valence-corrected chi connectivity index (χ3v) is 9.48. The Morgan fingerprint density at radius 3 is 1.86 bits per heavy atom. The molecule has 0 fully saturated rings. The van der Waals surface area contributed by atoms with Crippen molar-refractivity contribution in [3.63, 3.8) is 0 Å². The quantitative estimate of drug-likeness (QED) is 0.194. The summed E-state index contributed by atoms with van der Waals surface area (Å²) >= 11 is 0. The monoisotopic (exact) mass is 622 g/mol. The lowest BCUT2D eigenvalue weighted by atomic mass is 9.88. The smallest absolute Gasteiger partial charge is 0.295 e. The minimum absolute atomic E-state index is 0.0164. The number of aryl methyl sites for hydroxylation is 2. The minimum Gasteiger partial charge on any atom is -0.496 e. The number of anilines is 1. The van der Waals surface area contributed by atoms with Crippen molar-refractivity contribution in [2.75, 3.05) is 12.8 Å². The van der Waals surface area contributed by atoms with Crippen LogP contribution in [0.2, 0.25) is 0 Å². The SMILES string of the molecule is COc1c(C)c(-c2cc(C)ccc2S(=O)(=O)O)cc(-c2cc(C)ccc2S(=O)(=O)O)c1C(=O)N1Cc2cccc(N)c2C1. The number of nitrogen functional groups attached to an aromatic ring is 1. The summed E-state index contributed by atoms with van der Waals surface area (Å²) < 4.78 is 76.0. The Balaban J connectivity index is 1.87. The second kappa shape index (κ2) is 10.8. The second-order valence-corrected chi connectivity index (χ2v) is 13.4. The Bertz CT molecular complexity index is 2040. The first kappa shape index (κ1) is 30.2. The third-order valence-electron chi connectivity index (χ3n) is 7.66. The van der Waals surface area contributed by atoms with E-state index in [0.29, 0.717) is 22.4 Å². The van der Waals surface area contributed by atoms with Gasteiger partial charge in [0.15, 0.2) is 0 Å². The van der Waals surface area contributed by atoms with Crippen LogP contribution in [0.5, 0.6) is 5.75 Å². The van der Waals surface area contributed by atoms with Gasteiger partial charge in [0.2, 0.25) is 0 Å². The molecule has 10 nitrogen and oxygen atoms in total. The number of benzene rings is 4. The Morgan fingerprint density at radius 1 is 0.791 bits per heavy atom. The van der Waals surface area contributed by atoms with Crippen LogP contribution < -0.4 is 10.5 Å². The van der Waals surface area contributed by atoms with Gasteiger partial charge in [0, 0.05) is 35.5 Å². The van der Waals surface area contributed by atoms with Crippen molar-refractivity contribution in [1.29, 1.82) is 0 Å². The lowest BCUT2D eigenvalue weighted by molar-refractivity contribution is 0.0748. The molecule has 0 saturated heterocycles. The van der Waals surface area contributed by atoms with E-state index in [-0.39, 0.29) is 51.6 Å². The molecule has 0 aliphatic carbocycles. The summed E-state index contributed by atoms with van der Waals surface area (Å²) in [6, 6.07) is 15.6. The van der Waals surface area contributed by atoms with Crippen LogP contribution in [0, 0.1) is 20.8 Å². The molecule has 0 bridgehead atoms. The molecule has 0 spiro atoms. The largest absolute Gasteiger partial charge is 0.496 e. The van der Waals surface area contributed by atoms with E-state index in [1.807, 2.05) is 6.07 Å². The van der Waals surface area contributed by atoms with Crippen LogP contribution in [-0.2, 0) is 33.3 Å². The van der Waals surface area contributed by atoms with Crippen molar-refractivity contribution in [3.05, 3.63) is 94.0 Å². The van der Waals surface area contributed by atoms with Gasteiger partial charge in [-0.05, 0) is 67.3 Å². The molecule has 12 heteroatoms. The van der Waals surface area contributed by atoms with E-state index in [2.05, 4.69) is 0 Å². The standard InChI is InChI=1S/C31H30N2O8S2/c1-17-8-10-27(42(35,36)37)22(12-17)21-14-24(23-13-18(2)9-11-28(23)43(38,39)40)29(30(41-4)19(21)3)31(34)33-15-20-6-5-7-26(32)25(20)16-33/h5-14H,15-16,32H2,1-4H3,(H,35,36,37)(H,38,39,40). The van der Waals surface area contributed by atoms with Crippen molar-refractivity contribution in [1.82, 2.24) is 4.90 Å². The third kappa shape index (κ3) is 5.50. The maximum Gasteiger partial charge on any atom is 0.295 e. The molecular weight excluding hydrogens is 592 g/mol. The van der Waals surface area contributed by atoms with Gasteiger partial charge in [0.25, 0.3) is 26.1 Å². The van der Waals surface area contributed by atoms with Gasteiger partial charge in [0.05, 0.1) is 12.7 Å². The fourth-order valence-electron chi connectivity index (χ4n) is 5.62. The predicted molar refractivity (Wildman–Crippen MR) is 162 cm³/mol. The number of hydrogen-bond acceptors (Lipinski definition) is 7. The average Bonchev–Trinajstić information content (AvgIpc) is 3.37. The number of rotatable bonds is 6.